The number of aromatic carboxylic acids is 1. The summed E-state index contributed by atoms with van der Waals surface area (Å²) in [5, 5.41) is 13.2. The van der Waals surface area contributed by atoms with E-state index in [4.69, 9.17) is 26.0 Å². The van der Waals surface area contributed by atoms with Crippen molar-refractivity contribution < 1.29 is 19.2 Å². The number of carbonyl (C=O) groups is 1. The van der Waals surface area contributed by atoms with Gasteiger partial charge in [0, 0.05) is 16.7 Å². The predicted molar refractivity (Wildman–Crippen MR) is 72.2 cm³/mol. The minimum absolute atomic E-state index is 0.209. The van der Waals surface area contributed by atoms with Crippen molar-refractivity contribution >= 4 is 17.6 Å². The fourth-order valence-electron chi connectivity index (χ4n) is 1.98. The first kappa shape index (κ1) is 13.0. The van der Waals surface area contributed by atoms with Gasteiger partial charge < -0.3 is 14.4 Å². The minimum Gasteiger partial charge on any atom is -0.490 e. The number of halogens is 1. The fourth-order valence-corrected chi connectivity index (χ4v) is 2.15. The second-order valence-electron chi connectivity index (χ2n) is 4.69. The van der Waals surface area contributed by atoms with Crippen LogP contribution in [0.15, 0.2) is 28.8 Å². The SMILES string of the molecule is O=C(O)c1cc(-c2cc(Cl)ccc2OC2CCC2)no1. The third-order valence-electron chi connectivity index (χ3n) is 3.28. The van der Waals surface area contributed by atoms with Crippen LogP contribution in [0.4, 0.5) is 0 Å². The zero-order chi connectivity index (χ0) is 14.1. The van der Waals surface area contributed by atoms with Crippen molar-refractivity contribution in [1.29, 1.82) is 0 Å². The van der Waals surface area contributed by atoms with Crippen LogP contribution in [0.3, 0.4) is 0 Å². The van der Waals surface area contributed by atoms with Gasteiger partial charge in [-0.15, -0.1) is 0 Å². The summed E-state index contributed by atoms with van der Waals surface area (Å²) in [4.78, 5) is 10.8. The highest BCUT2D eigenvalue weighted by atomic mass is 35.5. The van der Waals surface area contributed by atoms with Crippen LogP contribution < -0.4 is 4.74 Å². The van der Waals surface area contributed by atoms with Gasteiger partial charge in [0.25, 0.3) is 0 Å². The van der Waals surface area contributed by atoms with Gasteiger partial charge in [-0.3, -0.25) is 0 Å². The maximum atomic E-state index is 10.8. The Kier molecular flexibility index (Phi) is 3.36. The van der Waals surface area contributed by atoms with E-state index in [-0.39, 0.29) is 11.9 Å². The molecule has 2 aromatic rings. The normalized spacial score (nSPS) is 14.8. The Bertz CT molecular complexity index is 648. The second-order valence-corrected chi connectivity index (χ2v) is 5.13. The van der Waals surface area contributed by atoms with Gasteiger partial charge in [0.15, 0.2) is 0 Å². The molecular weight excluding hydrogens is 282 g/mol. The van der Waals surface area contributed by atoms with Gasteiger partial charge in [-0.25, -0.2) is 4.79 Å². The number of hydrogen-bond acceptors (Lipinski definition) is 4. The highest BCUT2D eigenvalue weighted by molar-refractivity contribution is 6.31. The van der Waals surface area contributed by atoms with Gasteiger partial charge in [-0.1, -0.05) is 16.8 Å². The minimum atomic E-state index is -1.16. The van der Waals surface area contributed by atoms with Crippen LogP contribution in [0, 0.1) is 0 Å². The van der Waals surface area contributed by atoms with E-state index in [1.54, 1.807) is 18.2 Å². The molecule has 3 rings (SSSR count). The molecule has 1 aromatic carbocycles. The van der Waals surface area contributed by atoms with Gasteiger partial charge in [-0.2, -0.15) is 0 Å². The van der Waals surface area contributed by atoms with Crippen molar-refractivity contribution in [2.75, 3.05) is 0 Å². The summed E-state index contributed by atoms with van der Waals surface area (Å²) >= 11 is 5.99. The molecule has 0 unspecified atom stereocenters. The summed E-state index contributed by atoms with van der Waals surface area (Å²) in [5.41, 5.74) is 1.04. The van der Waals surface area contributed by atoms with E-state index in [1.165, 1.54) is 12.5 Å². The van der Waals surface area contributed by atoms with Gasteiger partial charge in [-0.05, 0) is 37.5 Å². The first-order valence-electron chi connectivity index (χ1n) is 6.30. The van der Waals surface area contributed by atoms with E-state index in [1.807, 2.05) is 0 Å². The van der Waals surface area contributed by atoms with Gasteiger partial charge >= 0.3 is 5.97 Å². The average Bonchev–Trinajstić information content (AvgIpc) is 2.84. The standard InChI is InChI=1S/C14H12ClNO4/c15-8-4-5-12(19-9-2-1-3-9)10(6-8)11-7-13(14(17)18)20-16-11/h4-7,9H,1-3H2,(H,17,18). The lowest BCUT2D eigenvalue weighted by Crippen LogP contribution is -2.24. The molecule has 5 nitrogen and oxygen atoms in total. The summed E-state index contributed by atoms with van der Waals surface area (Å²) < 4.78 is 10.6. The number of benzene rings is 1. The first-order chi connectivity index (χ1) is 9.63. The second kappa shape index (κ2) is 5.17. The van der Waals surface area contributed by atoms with Crippen LogP contribution in [0.5, 0.6) is 5.75 Å². The molecule has 0 aliphatic heterocycles. The van der Waals surface area contributed by atoms with Crippen LogP contribution in [0.2, 0.25) is 5.02 Å². The molecule has 1 N–H and O–H groups in total. The highest BCUT2D eigenvalue weighted by Crippen LogP contribution is 2.35. The van der Waals surface area contributed by atoms with Crippen molar-refractivity contribution in [3.63, 3.8) is 0 Å². The van der Waals surface area contributed by atoms with Crippen molar-refractivity contribution in [2.45, 2.75) is 25.4 Å². The van der Waals surface area contributed by atoms with Crippen molar-refractivity contribution in [2.24, 2.45) is 0 Å². The summed E-state index contributed by atoms with van der Waals surface area (Å²) in [7, 11) is 0. The molecule has 1 aliphatic carbocycles. The molecular formula is C14H12ClNO4. The van der Waals surface area contributed by atoms with Gasteiger partial charge in [0.1, 0.15) is 11.4 Å². The molecule has 104 valence electrons. The quantitative estimate of drug-likeness (QED) is 0.932. The Balaban J connectivity index is 1.96. The van der Waals surface area contributed by atoms with Crippen molar-refractivity contribution in [3.05, 3.63) is 35.0 Å². The molecule has 0 spiro atoms. The van der Waals surface area contributed by atoms with E-state index in [2.05, 4.69) is 5.16 Å². The number of hydrogen-bond donors (Lipinski definition) is 1. The molecule has 1 aromatic heterocycles. The molecule has 6 heteroatoms. The van der Waals surface area contributed by atoms with E-state index in [0.717, 1.165) is 12.8 Å². The smallest absolute Gasteiger partial charge is 0.374 e. The molecule has 0 radical (unpaired) electrons. The van der Waals surface area contributed by atoms with E-state index in [0.29, 0.717) is 22.0 Å². The Morgan fingerprint density at radius 2 is 2.20 bits per heavy atom. The van der Waals surface area contributed by atoms with Crippen molar-refractivity contribution in [3.8, 4) is 17.0 Å². The summed E-state index contributed by atoms with van der Waals surface area (Å²) in [6.07, 6.45) is 3.43. The largest absolute Gasteiger partial charge is 0.490 e. The lowest BCUT2D eigenvalue weighted by atomic mass is 9.96. The number of ether oxygens (including phenoxy) is 1. The van der Waals surface area contributed by atoms with Gasteiger partial charge in [0.05, 0.1) is 6.10 Å². The molecule has 1 aliphatic rings. The van der Waals surface area contributed by atoms with Crippen molar-refractivity contribution in [1.82, 2.24) is 5.16 Å². The van der Waals surface area contributed by atoms with Crippen LogP contribution in [-0.4, -0.2) is 22.3 Å². The summed E-state index contributed by atoms with van der Waals surface area (Å²) in [6, 6.07) is 6.56. The molecule has 1 fully saturated rings. The summed E-state index contributed by atoms with van der Waals surface area (Å²) in [5.74, 6) is -0.730. The number of aromatic nitrogens is 1. The maximum Gasteiger partial charge on any atom is 0.374 e. The Morgan fingerprint density at radius 1 is 1.40 bits per heavy atom. The zero-order valence-electron chi connectivity index (χ0n) is 10.5. The van der Waals surface area contributed by atoms with Crippen LogP contribution in [0.25, 0.3) is 11.3 Å². The monoisotopic (exact) mass is 293 g/mol. The molecule has 0 atom stereocenters. The van der Waals surface area contributed by atoms with E-state index >= 15 is 0 Å². The van der Waals surface area contributed by atoms with E-state index in [9.17, 15) is 4.79 Å². The average molecular weight is 294 g/mol. The predicted octanol–water partition coefficient (Wildman–Crippen LogP) is 3.62. The molecule has 20 heavy (non-hydrogen) atoms. The van der Waals surface area contributed by atoms with E-state index < -0.39 is 5.97 Å². The number of nitrogens with zero attached hydrogens (tertiary/aromatic N) is 1. The lowest BCUT2D eigenvalue weighted by molar-refractivity contribution is 0.0652. The molecule has 0 amide bonds. The lowest BCUT2D eigenvalue weighted by Gasteiger charge is -2.27. The topological polar surface area (TPSA) is 72.6 Å². The van der Waals surface area contributed by atoms with Crippen LogP contribution >= 0.6 is 11.6 Å². The molecule has 1 saturated carbocycles. The fraction of sp³-hybridized carbons (Fsp3) is 0.286. The summed E-state index contributed by atoms with van der Waals surface area (Å²) in [6.45, 7) is 0. The van der Waals surface area contributed by atoms with Crippen LogP contribution in [0.1, 0.15) is 29.8 Å². The molecule has 1 heterocycles. The Hall–Kier alpha value is -2.01. The van der Waals surface area contributed by atoms with Crippen LogP contribution in [-0.2, 0) is 0 Å². The Labute approximate surface area is 120 Å². The van der Waals surface area contributed by atoms with Gasteiger partial charge in [0.2, 0.25) is 5.76 Å². The maximum absolute atomic E-state index is 10.8. The Morgan fingerprint density at radius 3 is 2.80 bits per heavy atom. The molecule has 0 bridgehead atoms. The molecule has 0 saturated heterocycles. The number of carboxylic acid groups (broad SMARTS) is 1. The number of carboxylic acids is 1. The number of rotatable bonds is 4. The zero-order valence-corrected chi connectivity index (χ0v) is 11.3. The third kappa shape index (κ3) is 2.49. The highest BCUT2D eigenvalue weighted by Gasteiger charge is 2.22. The third-order valence-corrected chi connectivity index (χ3v) is 3.52. The first-order valence-corrected chi connectivity index (χ1v) is 6.68.